The number of aryl methyl sites for hydroxylation is 2. The van der Waals surface area contributed by atoms with E-state index in [-0.39, 0.29) is 18.3 Å². The van der Waals surface area contributed by atoms with E-state index in [1.807, 2.05) is 18.2 Å². The average molecular weight is 395 g/mol. The second-order valence-electron chi connectivity index (χ2n) is 5.21. The van der Waals surface area contributed by atoms with Crippen LogP contribution in [0.4, 0.5) is 15.6 Å². The second kappa shape index (κ2) is 10.1. The molecule has 0 radical (unpaired) electrons. The van der Waals surface area contributed by atoms with E-state index in [2.05, 4.69) is 34.7 Å². The first kappa shape index (κ1) is 20.2. The van der Waals surface area contributed by atoms with Gasteiger partial charge in [-0.3, -0.25) is 10.1 Å². The number of aromatic nitrogens is 2. The largest absolute Gasteiger partial charge is 0.450 e. The lowest BCUT2D eigenvalue weighted by Crippen LogP contribution is -2.16. The van der Waals surface area contributed by atoms with Crippen LogP contribution in [0.25, 0.3) is 0 Å². The molecule has 0 aliphatic rings. The number of carbonyl (C=O) groups excluding carboxylic acids is 2. The van der Waals surface area contributed by atoms with Crippen molar-refractivity contribution >= 4 is 45.9 Å². The van der Waals surface area contributed by atoms with Crippen LogP contribution in [0.3, 0.4) is 0 Å². The average Bonchev–Trinajstić information content (AvgIpc) is 3.07. The molecule has 1 aromatic heterocycles. The van der Waals surface area contributed by atoms with Crippen LogP contribution in [-0.2, 0) is 22.4 Å². The number of ether oxygens (including phenoxy) is 1. The van der Waals surface area contributed by atoms with Gasteiger partial charge in [-0.25, -0.2) is 4.79 Å². The van der Waals surface area contributed by atoms with Crippen LogP contribution in [0, 0.1) is 0 Å². The summed E-state index contributed by atoms with van der Waals surface area (Å²) in [5.41, 5.74) is 3.16. The number of para-hydroxylation sites is 1. The molecule has 0 saturated carbocycles. The summed E-state index contributed by atoms with van der Waals surface area (Å²) in [6.07, 6.45) is 1.15. The summed E-state index contributed by atoms with van der Waals surface area (Å²) in [4.78, 5) is 23.7. The van der Waals surface area contributed by atoms with Crippen molar-refractivity contribution in [2.24, 2.45) is 0 Å². The SMILES string of the molecule is CCOC(=O)Nc1nnc(SCC(=O)Nc2c(CC)cccc2CC)s1. The van der Waals surface area contributed by atoms with Crippen molar-refractivity contribution < 1.29 is 14.3 Å². The summed E-state index contributed by atoms with van der Waals surface area (Å²) in [6, 6.07) is 6.07. The Labute approximate surface area is 160 Å². The number of carbonyl (C=O) groups is 2. The number of thioether (sulfide) groups is 1. The number of nitrogens with one attached hydrogen (secondary N) is 2. The smallest absolute Gasteiger partial charge is 0.413 e. The lowest BCUT2D eigenvalue weighted by molar-refractivity contribution is -0.113. The highest BCUT2D eigenvalue weighted by Crippen LogP contribution is 2.27. The third-order valence-electron chi connectivity index (χ3n) is 3.48. The van der Waals surface area contributed by atoms with Gasteiger partial charge in [0.15, 0.2) is 4.34 Å². The fourth-order valence-electron chi connectivity index (χ4n) is 2.28. The predicted octanol–water partition coefficient (Wildman–Crippen LogP) is 3.96. The Balaban J connectivity index is 1.92. The molecule has 0 saturated heterocycles. The molecule has 2 amide bonds. The fraction of sp³-hybridized carbons (Fsp3) is 0.412. The molecular weight excluding hydrogens is 372 g/mol. The van der Waals surface area contributed by atoms with Crippen molar-refractivity contribution in [3.8, 4) is 0 Å². The van der Waals surface area contributed by atoms with Gasteiger partial charge >= 0.3 is 6.09 Å². The molecule has 0 bridgehead atoms. The number of hydrogen-bond donors (Lipinski definition) is 2. The molecule has 9 heteroatoms. The van der Waals surface area contributed by atoms with Crippen molar-refractivity contribution in [3.05, 3.63) is 29.3 Å². The Hall–Kier alpha value is -2.13. The summed E-state index contributed by atoms with van der Waals surface area (Å²) < 4.78 is 5.38. The van der Waals surface area contributed by atoms with E-state index in [9.17, 15) is 9.59 Å². The van der Waals surface area contributed by atoms with Crippen molar-refractivity contribution in [2.45, 2.75) is 38.0 Å². The van der Waals surface area contributed by atoms with Gasteiger partial charge in [0.25, 0.3) is 0 Å². The maximum atomic E-state index is 12.3. The molecule has 0 aliphatic carbocycles. The zero-order valence-corrected chi connectivity index (χ0v) is 16.6. The number of amides is 2. The summed E-state index contributed by atoms with van der Waals surface area (Å²) in [7, 11) is 0. The van der Waals surface area contributed by atoms with E-state index >= 15 is 0 Å². The molecule has 1 aromatic carbocycles. The van der Waals surface area contributed by atoms with Crippen LogP contribution in [0.1, 0.15) is 31.9 Å². The van der Waals surface area contributed by atoms with Gasteiger partial charge < -0.3 is 10.1 Å². The maximum absolute atomic E-state index is 12.3. The van der Waals surface area contributed by atoms with Gasteiger partial charge in [0, 0.05) is 5.69 Å². The molecule has 0 atom stereocenters. The first-order valence-electron chi connectivity index (χ1n) is 8.38. The monoisotopic (exact) mass is 394 g/mol. The molecule has 2 rings (SSSR count). The van der Waals surface area contributed by atoms with E-state index in [4.69, 9.17) is 4.74 Å². The molecule has 2 aromatic rings. The molecule has 26 heavy (non-hydrogen) atoms. The van der Waals surface area contributed by atoms with Gasteiger partial charge in [0.05, 0.1) is 12.4 Å². The highest BCUT2D eigenvalue weighted by atomic mass is 32.2. The van der Waals surface area contributed by atoms with Crippen molar-refractivity contribution in [1.82, 2.24) is 10.2 Å². The Morgan fingerprint density at radius 2 is 1.81 bits per heavy atom. The maximum Gasteiger partial charge on any atom is 0.413 e. The zero-order chi connectivity index (χ0) is 18.9. The van der Waals surface area contributed by atoms with Crippen molar-refractivity contribution in [1.29, 1.82) is 0 Å². The minimum atomic E-state index is -0.568. The lowest BCUT2D eigenvalue weighted by atomic mass is 10.0. The molecule has 0 fully saturated rings. The molecular formula is C17H22N4O3S2. The first-order valence-corrected chi connectivity index (χ1v) is 10.2. The number of anilines is 2. The quantitative estimate of drug-likeness (QED) is 0.520. The van der Waals surface area contributed by atoms with Gasteiger partial charge in [-0.1, -0.05) is 55.1 Å². The van der Waals surface area contributed by atoms with E-state index in [0.717, 1.165) is 29.7 Å². The van der Waals surface area contributed by atoms with Crippen LogP contribution < -0.4 is 10.6 Å². The Morgan fingerprint density at radius 1 is 1.12 bits per heavy atom. The number of rotatable bonds is 8. The van der Waals surface area contributed by atoms with Gasteiger partial charge in [0.1, 0.15) is 0 Å². The molecule has 0 unspecified atom stereocenters. The third kappa shape index (κ3) is 5.70. The fourth-order valence-corrected chi connectivity index (χ4v) is 3.82. The Bertz CT molecular complexity index is 742. The van der Waals surface area contributed by atoms with Crippen LogP contribution in [0.15, 0.2) is 22.5 Å². The lowest BCUT2D eigenvalue weighted by Gasteiger charge is -2.14. The van der Waals surface area contributed by atoms with Crippen molar-refractivity contribution in [2.75, 3.05) is 23.0 Å². The normalized spacial score (nSPS) is 10.4. The second-order valence-corrected chi connectivity index (χ2v) is 7.41. The standard InChI is InChI=1S/C17H22N4O3S2/c1-4-11-8-7-9-12(5-2)14(11)18-13(22)10-25-17-21-20-15(26-17)19-16(23)24-6-3/h7-9H,4-6,10H2,1-3H3,(H,18,22)(H,19,20,23). The molecule has 0 aliphatic heterocycles. The van der Waals surface area contributed by atoms with E-state index in [1.165, 1.54) is 23.1 Å². The number of hydrogen-bond acceptors (Lipinski definition) is 7. The third-order valence-corrected chi connectivity index (χ3v) is 5.45. The molecule has 7 nitrogen and oxygen atoms in total. The summed E-state index contributed by atoms with van der Waals surface area (Å²) >= 11 is 2.48. The summed E-state index contributed by atoms with van der Waals surface area (Å²) in [5.74, 6) is 0.121. The van der Waals surface area contributed by atoms with E-state index in [0.29, 0.717) is 9.47 Å². The molecule has 0 spiro atoms. The zero-order valence-electron chi connectivity index (χ0n) is 15.0. The minimum Gasteiger partial charge on any atom is -0.450 e. The topological polar surface area (TPSA) is 93.2 Å². The van der Waals surface area contributed by atoms with Gasteiger partial charge in [-0.05, 0) is 30.9 Å². The van der Waals surface area contributed by atoms with E-state index < -0.39 is 6.09 Å². The van der Waals surface area contributed by atoms with Crippen LogP contribution in [0.5, 0.6) is 0 Å². The molecule has 2 N–H and O–H groups in total. The minimum absolute atomic E-state index is 0.0966. The predicted molar refractivity (Wildman–Crippen MR) is 105 cm³/mol. The van der Waals surface area contributed by atoms with Crippen LogP contribution in [0.2, 0.25) is 0 Å². The summed E-state index contributed by atoms with van der Waals surface area (Å²) in [5, 5.41) is 13.7. The summed E-state index contributed by atoms with van der Waals surface area (Å²) in [6.45, 7) is 6.14. The highest BCUT2D eigenvalue weighted by Gasteiger charge is 2.13. The van der Waals surface area contributed by atoms with Crippen molar-refractivity contribution in [3.63, 3.8) is 0 Å². The Kier molecular flexibility index (Phi) is 7.86. The number of benzene rings is 1. The number of nitrogens with zero attached hydrogens (tertiary/aromatic N) is 2. The van der Waals surface area contributed by atoms with Crippen LogP contribution in [-0.4, -0.2) is 34.6 Å². The first-order chi connectivity index (χ1) is 12.6. The van der Waals surface area contributed by atoms with Crippen LogP contribution >= 0.6 is 23.1 Å². The molecule has 140 valence electrons. The van der Waals surface area contributed by atoms with Gasteiger partial charge in [-0.15, -0.1) is 10.2 Å². The van der Waals surface area contributed by atoms with Gasteiger partial charge in [0.2, 0.25) is 11.0 Å². The Morgan fingerprint density at radius 3 is 2.42 bits per heavy atom. The molecule has 1 heterocycles. The van der Waals surface area contributed by atoms with Gasteiger partial charge in [-0.2, -0.15) is 0 Å². The highest BCUT2D eigenvalue weighted by molar-refractivity contribution is 8.01. The van der Waals surface area contributed by atoms with E-state index in [1.54, 1.807) is 6.92 Å².